The number of hydrogen-bond donors (Lipinski definition) is 1. The smallest absolute Gasteiger partial charge is 0.222 e. The minimum atomic E-state index is -0.201. The number of rotatable bonds is 6. The van der Waals surface area contributed by atoms with Crippen LogP contribution in [-0.2, 0) is 16.0 Å². The van der Waals surface area contributed by atoms with E-state index in [1.54, 1.807) is 11.8 Å². The zero-order chi connectivity index (χ0) is 18.4. The summed E-state index contributed by atoms with van der Waals surface area (Å²) < 4.78 is 5.58. The average molecular weight is 352 g/mol. The van der Waals surface area contributed by atoms with Crippen LogP contribution in [-0.4, -0.2) is 36.4 Å². The van der Waals surface area contributed by atoms with Gasteiger partial charge in [0.05, 0.1) is 19.0 Å². The molecule has 1 atom stereocenters. The Morgan fingerprint density at radius 1 is 1.12 bits per heavy atom. The van der Waals surface area contributed by atoms with Crippen LogP contribution < -0.4 is 10.1 Å². The van der Waals surface area contributed by atoms with Crippen LogP contribution in [0.1, 0.15) is 30.5 Å². The van der Waals surface area contributed by atoms with Gasteiger partial charge in [0.1, 0.15) is 12.4 Å². The lowest BCUT2D eigenvalue weighted by Crippen LogP contribution is -2.41. The molecule has 0 fully saturated rings. The zero-order valence-corrected chi connectivity index (χ0v) is 15.0. The van der Waals surface area contributed by atoms with E-state index in [-0.39, 0.29) is 24.3 Å². The van der Waals surface area contributed by atoms with Gasteiger partial charge in [-0.2, -0.15) is 0 Å². The van der Waals surface area contributed by atoms with Crippen molar-refractivity contribution >= 4 is 11.8 Å². The maximum atomic E-state index is 12.4. The summed E-state index contributed by atoms with van der Waals surface area (Å²) in [5.74, 6) is 0.713. The zero-order valence-electron chi connectivity index (χ0n) is 15.0. The van der Waals surface area contributed by atoms with Crippen molar-refractivity contribution in [3.63, 3.8) is 0 Å². The van der Waals surface area contributed by atoms with Crippen molar-refractivity contribution in [1.29, 1.82) is 0 Å². The van der Waals surface area contributed by atoms with Crippen LogP contribution in [0, 0.1) is 0 Å². The summed E-state index contributed by atoms with van der Waals surface area (Å²) in [5.41, 5.74) is 2.29. The molecule has 1 aliphatic heterocycles. The molecule has 1 unspecified atom stereocenters. The van der Waals surface area contributed by atoms with Crippen molar-refractivity contribution in [3.05, 3.63) is 65.7 Å². The Kier molecular flexibility index (Phi) is 5.89. The van der Waals surface area contributed by atoms with Crippen LogP contribution in [0.5, 0.6) is 5.75 Å². The van der Waals surface area contributed by atoms with Crippen LogP contribution in [0.3, 0.4) is 0 Å². The molecular weight excluding hydrogens is 328 g/mol. The predicted molar refractivity (Wildman–Crippen MR) is 99.8 cm³/mol. The molecule has 1 N–H and O–H groups in total. The van der Waals surface area contributed by atoms with E-state index in [4.69, 9.17) is 4.74 Å². The molecule has 0 aromatic heterocycles. The second-order valence-electron chi connectivity index (χ2n) is 6.39. The number of hydrogen-bond acceptors (Lipinski definition) is 3. The predicted octanol–water partition coefficient (Wildman–Crippen LogP) is 2.72. The standard InChI is InChI=1S/C21H24N2O3/c1-16(24)23-13-11-17-7-5-6-10-19(17)20(23)15-21(25)22-12-14-26-18-8-3-2-4-9-18/h2-10,20H,11-15H2,1H3,(H,22,25). The van der Waals surface area contributed by atoms with Gasteiger partial charge in [0.15, 0.2) is 0 Å². The molecule has 0 spiro atoms. The summed E-state index contributed by atoms with van der Waals surface area (Å²) in [4.78, 5) is 26.2. The van der Waals surface area contributed by atoms with E-state index in [9.17, 15) is 9.59 Å². The lowest BCUT2D eigenvalue weighted by Gasteiger charge is -2.36. The maximum absolute atomic E-state index is 12.4. The Morgan fingerprint density at radius 3 is 2.62 bits per heavy atom. The Bertz CT molecular complexity index is 761. The highest BCUT2D eigenvalue weighted by molar-refractivity contribution is 5.79. The number of benzene rings is 2. The molecule has 136 valence electrons. The molecule has 0 saturated carbocycles. The van der Waals surface area contributed by atoms with Crippen LogP contribution in [0.4, 0.5) is 0 Å². The largest absolute Gasteiger partial charge is 0.492 e. The molecule has 2 aromatic carbocycles. The first kappa shape index (κ1) is 18.0. The van der Waals surface area contributed by atoms with Gasteiger partial charge in [-0.05, 0) is 29.7 Å². The number of nitrogens with one attached hydrogen (secondary N) is 1. The SMILES string of the molecule is CC(=O)N1CCc2ccccc2C1CC(=O)NCCOc1ccccc1. The third-order valence-corrected chi connectivity index (χ3v) is 4.63. The topological polar surface area (TPSA) is 58.6 Å². The van der Waals surface area contributed by atoms with Crippen LogP contribution in [0.15, 0.2) is 54.6 Å². The molecule has 26 heavy (non-hydrogen) atoms. The Labute approximate surface area is 154 Å². The number of ether oxygens (including phenoxy) is 1. The summed E-state index contributed by atoms with van der Waals surface area (Å²) >= 11 is 0. The van der Waals surface area contributed by atoms with E-state index >= 15 is 0 Å². The number of para-hydroxylation sites is 1. The highest BCUT2D eigenvalue weighted by Gasteiger charge is 2.30. The average Bonchev–Trinajstić information content (AvgIpc) is 2.66. The van der Waals surface area contributed by atoms with Gasteiger partial charge in [0.25, 0.3) is 0 Å². The fourth-order valence-electron chi connectivity index (χ4n) is 3.37. The number of amides is 2. The lowest BCUT2D eigenvalue weighted by atomic mass is 9.90. The summed E-state index contributed by atoms with van der Waals surface area (Å²) in [7, 11) is 0. The molecule has 3 rings (SSSR count). The molecule has 0 saturated heterocycles. The lowest BCUT2D eigenvalue weighted by molar-refractivity contribution is -0.133. The third kappa shape index (κ3) is 4.42. The van der Waals surface area contributed by atoms with Gasteiger partial charge in [-0.15, -0.1) is 0 Å². The monoisotopic (exact) mass is 352 g/mol. The molecular formula is C21H24N2O3. The molecule has 0 aliphatic carbocycles. The Balaban J connectivity index is 1.55. The van der Waals surface area contributed by atoms with E-state index in [0.29, 0.717) is 19.7 Å². The second kappa shape index (κ2) is 8.52. The molecule has 2 aromatic rings. The fourth-order valence-corrected chi connectivity index (χ4v) is 3.37. The van der Waals surface area contributed by atoms with E-state index in [1.807, 2.05) is 48.5 Å². The highest BCUT2D eigenvalue weighted by atomic mass is 16.5. The van der Waals surface area contributed by atoms with Gasteiger partial charge < -0.3 is 15.0 Å². The third-order valence-electron chi connectivity index (χ3n) is 4.63. The van der Waals surface area contributed by atoms with Gasteiger partial charge in [-0.25, -0.2) is 0 Å². The normalized spacial score (nSPS) is 15.9. The molecule has 5 heteroatoms. The van der Waals surface area contributed by atoms with E-state index in [0.717, 1.165) is 17.7 Å². The van der Waals surface area contributed by atoms with Crippen LogP contribution in [0.25, 0.3) is 0 Å². The summed E-state index contributed by atoms with van der Waals surface area (Å²) in [6, 6.07) is 17.4. The molecule has 2 amide bonds. The first-order valence-corrected chi connectivity index (χ1v) is 8.94. The van der Waals surface area contributed by atoms with Crippen molar-refractivity contribution in [1.82, 2.24) is 10.2 Å². The van der Waals surface area contributed by atoms with Gasteiger partial charge in [-0.1, -0.05) is 42.5 Å². The molecule has 0 radical (unpaired) electrons. The Hall–Kier alpha value is -2.82. The van der Waals surface area contributed by atoms with Crippen molar-refractivity contribution < 1.29 is 14.3 Å². The molecule has 5 nitrogen and oxygen atoms in total. The fraction of sp³-hybridized carbons (Fsp3) is 0.333. The van der Waals surface area contributed by atoms with Crippen LogP contribution in [0.2, 0.25) is 0 Å². The number of nitrogens with zero attached hydrogens (tertiary/aromatic N) is 1. The molecule has 1 aliphatic rings. The second-order valence-corrected chi connectivity index (χ2v) is 6.39. The van der Waals surface area contributed by atoms with Gasteiger partial charge >= 0.3 is 0 Å². The van der Waals surface area contributed by atoms with Crippen molar-refractivity contribution in [2.45, 2.75) is 25.8 Å². The van der Waals surface area contributed by atoms with Crippen molar-refractivity contribution in [3.8, 4) is 5.75 Å². The first-order chi connectivity index (χ1) is 12.6. The molecule has 1 heterocycles. The maximum Gasteiger partial charge on any atom is 0.222 e. The first-order valence-electron chi connectivity index (χ1n) is 8.94. The minimum absolute atomic E-state index is 0.00436. The molecule has 0 bridgehead atoms. The van der Waals surface area contributed by atoms with E-state index in [1.165, 1.54) is 5.56 Å². The quantitative estimate of drug-likeness (QED) is 0.813. The van der Waals surface area contributed by atoms with E-state index in [2.05, 4.69) is 11.4 Å². The number of carbonyl (C=O) groups excluding carboxylic acids is 2. The van der Waals surface area contributed by atoms with Gasteiger partial charge in [-0.3, -0.25) is 9.59 Å². The van der Waals surface area contributed by atoms with Gasteiger partial charge in [0.2, 0.25) is 11.8 Å². The van der Waals surface area contributed by atoms with Gasteiger partial charge in [0, 0.05) is 13.5 Å². The van der Waals surface area contributed by atoms with Crippen molar-refractivity contribution in [2.24, 2.45) is 0 Å². The van der Waals surface area contributed by atoms with Crippen LogP contribution >= 0.6 is 0 Å². The van der Waals surface area contributed by atoms with Crippen molar-refractivity contribution in [2.75, 3.05) is 19.7 Å². The number of fused-ring (bicyclic) bond motifs is 1. The summed E-state index contributed by atoms with van der Waals surface area (Å²) in [5, 5.41) is 2.89. The van der Waals surface area contributed by atoms with E-state index < -0.39 is 0 Å². The summed E-state index contributed by atoms with van der Waals surface area (Å²) in [6.07, 6.45) is 1.10. The minimum Gasteiger partial charge on any atom is -0.492 e. The highest BCUT2D eigenvalue weighted by Crippen LogP contribution is 2.32. The Morgan fingerprint density at radius 2 is 1.85 bits per heavy atom. The number of carbonyl (C=O) groups is 2. The summed E-state index contributed by atoms with van der Waals surface area (Å²) in [6.45, 7) is 3.06.